The van der Waals surface area contributed by atoms with Gasteiger partial charge in [0.2, 0.25) is 0 Å². The number of carbonyl (C=O) groups excluding carboxylic acids is 1. The van der Waals surface area contributed by atoms with Crippen molar-refractivity contribution < 1.29 is 39.7 Å². The molecule has 0 unspecified atom stereocenters. The van der Waals surface area contributed by atoms with Crippen LogP contribution in [0.2, 0.25) is 0 Å². The van der Waals surface area contributed by atoms with E-state index in [0.29, 0.717) is 31.0 Å². The Morgan fingerprint density at radius 2 is 1.64 bits per heavy atom. The Morgan fingerprint density at radius 1 is 0.923 bits per heavy atom. The molecule has 4 rings (SSSR count). The minimum absolute atomic E-state index is 0. The van der Waals surface area contributed by atoms with E-state index in [-0.39, 0.29) is 26.2 Å². The van der Waals surface area contributed by atoms with Crippen molar-refractivity contribution in [3.05, 3.63) is 107 Å². The number of thioether (sulfide) groups is 1. The van der Waals surface area contributed by atoms with Gasteiger partial charge < -0.3 is 16.6 Å². The molecule has 0 spiro atoms. The number of carboxylic acid groups (broad SMARTS) is 1. The van der Waals surface area contributed by atoms with Crippen LogP contribution in [0.5, 0.6) is 0 Å². The first-order chi connectivity index (χ1) is 18.5. The van der Waals surface area contributed by atoms with E-state index >= 15 is 0 Å². The van der Waals surface area contributed by atoms with Gasteiger partial charge in [0.05, 0.1) is 13.2 Å². The first-order valence-corrected chi connectivity index (χ1v) is 14.1. The number of fused-ring (bicyclic) bond motifs is 1. The van der Waals surface area contributed by atoms with E-state index in [4.69, 9.17) is 4.74 Å². The molecule has 4 aromatic carbocycles. The summed E-state index contributed by atoms with van der Waals surface area (Å²) in [5.74, 6) is -0.765. The van der Waals surface area contributed by atoms with Gasteiger partial charge in [-0.1, -0.05) is 72.8 Å². The summed E-state index contributed by atoms with van der Waals surface area (Å²) in [4.78, 5) is 24.9. The van der Waals surface area contributed by atoms with E-state index in [1.165, 1.54) is 16.3 Å². The molecule has 2 N–H and O–H groups in total. The van der Waals surface area contributed by atoms with Gasteiger partial charge in [-0.3, -0.25) is 4.79 Å². The monoisotopic (exact) mass is 535 g/mol. The molecule has 4 aromatic rings. The topological polar surface area (TPSA) is 75.6 Å². The quantitative estimate of drug-likeness (QED) is 0.214. The third kappa shape index (κ3) is 8.24. The maximum Gasteiger partial charge on any atom is 1.00 e. The van der Waals surface area contributed by atoms with Gasteiger partial charge in [-0.2, -0.15) is 11.8 Å². The number of hydrogen-bond donors (Lipinski definition) is 2. The summed E-state index contributed by atoms with van der Waals surface area (Å²) in [7, 11) is 0. The number of carbonyl (C=O) groups is 2. The zero-order valence-electron chi connectivity index (χ0n) is 23.8. The van der Waals surface area contributed by atoms with Gasteiger partial charge in [0.25, 0.3) is 5.91 Å². The van der Waals surface area contributed by atoms with E-state index in [2.05, 4.69) is 35.6 Å². The van der Waals surface area contributed by atoms with Crippen LogP contribution in [0.4, 0.5) is 0 Å². The van der Waals surface area contributed by atoms with Crippen LogP contribution in [0.25, 0.3) is 21.9 Å². The third-order valence-electron chi connectivity index (χ3n) is 6.60. The zero-order chi connectivity index (χ0) is 26.9. The maximum atomic E-state index is 13.2. The second-order valence-electron chi connectivity index (χ2n) is 9.32. The van der Waals surface area contributed by atoms with Crippen LogP contribution in [-0.4, -0.2) is 41.6 Å². The molecule has 1 atom stereocenters. The van der Waals surface area contributed by atoms with Crippen LogP contribution in [-0.2, 0) is 22.6 Å². The van der Waals surface area contributed by atoms with Crippen molar-refractivity contribution in [1.29, 1.82) is 0 Å². The van der Waals surface area contributed by atoms with Crippen LogP contribution in [0.1, 0.15) is 34.9 Å². The first kappa shape index (κ1) is 30.5. The number of nitrogens with one attached hydrogen (secondary N) is 1. The third-order valence-corrected chi connectivity index (χ3v) is 7.24. The Balaban J connectivity index is 0.00000280. The SMILES string of the molecule is CSCC[C@H](NC(=O)c1ccc(COCCc2ccc3ccccc3c2)cc1-c1ccccc1C)C(=O)O.[H-].[Li+]. The minimum atomic E-state index is -1.03. The van der Waals surface area contributed by atoms with E-state index in [1.807, 2.05) is 61.7 Å². The first-order valence-electron chi connectivity index (χ1n) is 12.7. The van der Waals surface area contributed by atoms with Crippen LogP contribution >= 0.6 is 11.8 Å². The van der Waals surface area contributed by atoms with Gasteiger partial charge in [-0.05, 0) is 82.5 Å². The van der Waals surface area contributed by atoms with Crippen molar-refractivity contribution in [1.82, 2.24) is 5.32 Å². The molecule has 39 heavy (non-hydrogen) atoms. The van der Waals surface area contributed by atoms with Crippen molar-refractivity contribution in [2.75, 3.05) is 18.6 Å². The summed E-state index contributed by atoms with van der Waals surface area (Å²) < 4.78 is 6.02. The summed E-state index contributed by atoms with van der Waals surface area (Å²) in [6.07, 6.45) is 3.09. The van der Waals surface area contributed by atoms with E-state index < -0.39 is 12.0 Å². The Labute approximate surface area is 248 Å². The van der Waals surface area contributed by atoms with Gasteiger partial charge in [-0.25, -0.2) is 4.79 Å². The molecular formula is C32H34LiNO4S. The number of amides is 1. The van der Waals surface area contributed by atoms with Crippen molar-refractivity contribution in [3.63, 3.8) is 0 Å². The number of rotatable bonds is 12. The fourth-order valence-corrected chi connectivity index (χ4v) is 4.95. The average molecular weight is 536 g/mol. The normalized spacial score (nSPS) is 11.5. The molecule has 198 valence electrons. The molecule has 1 amide bonds. The van der Waals surface area contributed by atoms with E-state index in [0.717, 1.165) is 28.7 Å². The zero-order valence-corrected chi connectivity index (χ0v) is 23.6. The van der Waals surface area contributed by atoms with Gasteiger partial charge in [0.1, 0.15) is 6.04 Å². The van der Waals surface area contributed by atoms with Gasteiger partial charge >= 0.3 is 24.8 Å². The van der Waals surface area contributed by atoms with Crippen molar-refractivity contribution >= 4 is 34.4 Å². The predicted molar refractivity (Wildman–Crippen MR) is 157 cm³/mol. The summed E-state index contributed by atoms with van der Waals surface area (Å²) in [5, 5.41) is 14.7. The summed E-state index contributed by atoms with van der Waals surface area (Å²) >= 11 is 1.55. The number of aliphatic carboxylic acids is 1. The molecule has 0 radical (unpaired) electrons. The Morgan fingerprint density at radius 3 is 2.38 bits per heavy atom. The molecular weight excluding hydrogens is 501 g/mol. The van der Waals surface area contributed by atoms with Crippen LogP contribution < -0.4 is 24.2 Å². The van der Waals surface area contributed by atoms with Crippen molar-refractivity contribution in [2.45, 2.75) is 32.4 Å². The van der Waals surface area contributed by atoms with Crippen molar-refractivity contribution in [2.24, 2.45) is 0 Å². The van der Waals surface area contributed by atoms with Crippen molar-refractivity contribution in [3.8, 4) is 11.1 Å². The fourth-order valence-electron chi connectivity index (χ4n) is 4.48. The Hall–Kier alpha value is -3.01. The summed E-state index contributed by atoms with van der Waals surface area (Å²) in [5.41, 5.74) is 5.38. The fraction of sp³-hybridized carbons (Fsp3) is 0.250. The van der Waals surface area contributed by atoms with Crippen LogP contribution in [0, 0.1) is 6.92 Å². The van der Waals surface area contributed by atoms with Crippen LogP contribution in [0.15, 0.2) is 84.9 Å². The summed E-state index contributed by atoms with van der Waals surface area (Å²) in [6.45, 7) is 3.00. The van der Waals surface area contributed by atoms with Crippen LogP contribution in [0.3, 0.4) is 0 Å². The second kappa shape index (κ2) is 15.0. The second-order valence-corrected chi connectivity index (χ2v) is 10.3. The number of hydrogen-bond acceptors (Lipinski definition) is 4. The molecule has 0 fully saturated rings. The molecule has 0 bridgehead atoms. The molecule has 5 nitrogen and oxygen atoms in total. The molecule has 0 saturated heterocycles. The average Bonchev–Trinajstić information content (AvgIpc) is 2.93. The summed E-state index contributed by atoms with van der Waals surface area (Å²) in [6, 6.07) is 27.4. The number of aryl methyl sites for hydroxylation is 1. The van der Waals surface area contributed by atoms with Gasteiger partial charge in [0, 0.05) is 5.56 Å². The Kier molecular flexibility index (Phi) is 11.7. The van der Waals surface area contributed by atoms with Gasteiger partial charge in [0.15, 0.2) is 0 Å². The smallest absolute Gasteiger partial charge is 1.00 e. The molecule has 0 heterocycles. The molecule has 0 aliphatic heterocycles. The standard InChI is InChI=1S/C32H33NO4S.Li.H/c1-22-7-3-6-10-27(22)29-20-24(12-14-28(29)31(34)33-30(32(35)36)16-18-38-2)21-37-17-15-23-11-13-25-8-4-5-9-26(25)19-23;;/h3-14,19-20,30H,15-18,21H2,1-2H3,(H,33,34)(H,35,36);;/q;+1;-1/t30-;;/m0../s1. The number of ether oxygens (including phenoxy) is 1. The molecule has 0 aliphatic rings. The predicted octanol–water partition coefficient (Wildman–Crippen LogP) is 3.63. The Bertz CT molecular complexity index is 1430. The number of carboxylic acids is 1. The maximum absolute atomic E-state index is 13.2. The molecule has 0 aromatic heterocycles. The van der Waals surface area contributed by atoms with E-state index in [1.54, 1.807) is 17.8 Å². The minimum Gasteiger partial charge on any atom is -1.00 e. The van der Waals surface area contributed by atoms with E-state index in [9.17, 15) is 14.7 Å². The van der Waals surface area contributed by atoms with Gasteiger partial charge in [-0.15, -0.1) is 0 Å². The largest absolute Gasteiger partial charge is 1.00 e. The molecule has 7 heteroatoms. The molecule has 0 aliphatic carbocycles. The molecule has 0 saturated carbocycles. The number of benzene rings is 4.